The van der Waals surface area contributed by atoms with Crippen LogP contribution in [-0.4, -0.2) is 88.1 Å². The molecule has 4 rings (SSSR count). The number of rotatable bonds is 13. The number of carbonyl (C=O) groups is 4. The van der Waals surface area contributed by atoms with Gasteiger partial charge in [0.25, 0.3) is 5.91 Å². The molecule has 1 saturated carbocycles. The van der Waals surface area contributed by atoms with E-state index in [2.05, 4.69) is 36.2 Å². The van der Waals surface area contributed by atoms with Crippen LogP contribution >= 0.6 is 11.6 Å². The number of hydrogen-bond donors (Lipinski definition) is 5. The van der Waals surface area contributed by atoms with E-state index in [1.165, 1.54) is 38.4 Å². The summed E-state index contributed by atoms with van der Waals surface area (Å²) >= 11 is 6.00. The Morgan fingerprint density at radius 2 is 1.64 bits per heavy atom. The number of carboxylic acids is 1. The molecule has 47 heavy (non-hydrogen) atoms. The van der Waals surface area contributed by atoms with E-state index in [1.54, 1.807) is 12.1 Å². The molecule has 0 saturated heterocycles. The number of hydrogen-bond acceptors (Lipinski definition) is 10. The van der Waals surface area contributed by atoms with Gasteiger partial charge in [0.2, 0.25) is 11.9 Å². The molecule has 0 aliphatic heterocycles. The molecule has 0 bridgehead atoms. The summed E-state index contributed by atoms with van der Waals surface area (Å²) in [5.41, 5.74) is 0.752. The monoisotopic (exact) mass is 678 g/mol. The van der Waals surface area contributed by atoms with Crippen LogP contribution in [0.15, 0.2) is 48.5 Å². The number of alkyl halides is 3. The zero-order valence-corrected chi connectivity index (χ0v) is 25.8. The lowest BCUT2D eigenvalue weighted by molar-refractivity contribution is -0.154. The number of anilines is 3. The van der Waals surface area contributed by atoms with E-state index in [0.29, 0.717) is 23.6 Å². The lowest BCUT2D eigenvalue weighted by Crippen LogP contribution is -2.45. The third kappa shape index (κ3) is 9.90. The molecule has 1 unspecified atom stereocenters. The average Bonchev–Trinajstić information content (AvgIpc) is 3.79. The Kier molecular flexibility index (Phi) is 10.7. The minimum Gasteiger partial charge on any atom is -0.480 e. The number of aliphatic carboxylic acids is 1. The Morgan fingerprint density at radius 1 is 1.00 bits per heavy atom. The first-order valence-corrected chi connectivity index (χ1v) is 14.4. The third-order valence-electron chi connectivity index (χ3n) is 6.80. The number of benzene rings is 2. The summed E-state index contributed by atoms with van der Waals surface area (Å²) < 4.78 is 43.4. The topological polar surface area (TPSA) is 188 Å². The molecule has 0 spiro atoms. The van der Waals surface area contributed by atoms with Crippen molar-refractivity contribution in [2.75, 3.05) is 37.9 Å². The highest BCUT2D eigenvalue weighted by molar-refractivity contribution is 6.34. The minimum absolute atomic E-state index is 0.0369. The Bertz CT molecular complexity index is 1620. The van der Waals surface area contributed by atoms with Crippen LogP contribution in [0.25, 0.3) is 0 Å². The van der Waals surface area contributed by atoms with Crippen molar-refractivity contribution in [3.05, 3.63) is 64.7 Å². The van der Waals surface area contributed by atoms with Gasteiger partial charge in [0.15, 0.2) is 6.61 Å². The number of halogens is 4. The van der Waals surface area contributed by atoms with Crippen molar-refractivity contribution in [2.24, 2.45) is 0 Å². The molecular weight excluding hydrogens is 649 g/mol. The summed E-state index contributed by atoms with van der Waals surface area (Å²) in [4.78, 5) is 61.1. The molecule has 1 atom stereocenters. The Balaban J connectivity index is 1.44. The van der Waals surface area contributed by atoms with Crippen molar-refractivity contribution in [2.45, 2.75) is 37.0 Å². The summed E-state index contributed by atoms with van der Waals surface area (Å²) in [5.74, 6) is -3.99. The van der Waals surface area contributed by atoms with E-state index in [9.17, 15) is 37.5 Å². The predicted molar refractivity (Wildman–Crippen MR) is 162 cm³/mol. The number of nitrogens with zero attached hydrogens (tertiary/aromatic N) is 4. The fourth-order valence-corrected chi connectivity index (χ4v) is 4.34. The lowest BCUT2D eigenvalue weighted by Gasteiger charge is -2.19. The number of aromatic nitrogens is 3. The third-order valence-corrected chi connectivity index (χ3v) is 7.06. The smallest absolute Gasteiger partial charge is 0.422 e. The van der Waals surface area contributed by atoms with Crippen molar-refractivity contribution < 1.29 is 42.2 Å². The zero-order valence-electron chi connectivity index (χ0n) is 25.0. The van der Waals surface area contributed by atoms with Gasteiger partial charge < -0.3 is 36.0 Å². The molecule has 1 aliphatic rings. The molecule has 18 heteroatoms. The zero-order chi connectivity index (χ0) is 34.4. The van der Waals surface area contributed by atoms with E-state index < -0.39 is 54.1 Å². The van der Waals surface area contributed by atoms with E-state index in [1.807, 2.05) is 12.1 Å². The number of carbonyl (C=O) groups excluding carboxylic acids is 3. The standard InChI is InChI=1S/C29H30ClF3N8O6/c1-41(2)23(44)22(43)34-14-11-20(24(45)46)36-21(42)16-3-9-19(10-4-16)35-25-37-26(39-27(38-25)47-15-29(31,32)33)40-28(12-13-28)17-5-7-18(30)8-6-17/h3-10,20H,11-15H2,1-2H3,(H,34,43)(H,36,42)(H,45,46)(H2,35,37,38,39,40). The molecule has 1 aromatic heterocycles. The Labute approximate surface area is 271 Å². The van der Waals surface area contributed by atoms with Crippen LogP contribution in [0, 0.1) is 0 Å². The van der Waals surface area contributed by atoms with E-state index in [-0.39, 0.29) is 30.4 Å². The fourth-order valence-electron chi connectivity index (χ4n) is 4.21. The second kappa shape index (κ2) is 14.5. The minimum atomic E-state index is -4.63. The highest BCUT2D eigenvalue weighted by atomic mass is 35.5. The van der Waals surface area contributed by atoms with Gasteiger partial charge in [0.05, 0.1) is 5.54 Å². The van der Waals surface area contributed by atoms with Crippen molar-refractivity contribution in [3.8, 4) is 6.01 Å². The first-order chi connectivity index (χ1) is 22.1. The SMILES string of the molecule is CN(C)C(=O)C(=O)NCCC(NC(=O)c1ccc(Nc2nc(NC3(c4ccc(Cl)cc4)CC3)nc(OCC(F)(F)F)n2)cc1)C(=O)O. The number of likely N-dealkylation sites (N-methyl/N-ethyl adjacent to an activating group) is 1. The molecule has 14 nitrogen and oxygen atoms in total. The predicted octanol–water partition coefficient (Wildman–Crippen LogP) is 3.09. The quantitative estimate of drug-likeness (QED) is 0.167. The van der Waals surface area contributed by atoms with Crippen LogP contribution in [0.1, 0.15) is 35.2 Å². The second-order valence-corrected chi connectivity index (χ2v) is 11.1. The summed E-state index contributed by atoms with van der Waals surface area (Å²) in [5, 5.41) is 20.7. The van der Waals surface area contributed by atoms with Crippen LogP contribution in [-0.2, 0) is 19.9 Å². The van der Waals surface area contributed by atoms with Crippen molar-refractivity contribution in [3.63, 3.8) is 0 Å². The van der Waals surface area contributed by atoms with E-state index in [0.717, 1.165) is 10.5 Å². The maximum atomic E-state index is 12.9. The van der Waals surface area contributed by atoms with E-state index in [4.69, 9.17) is 16.3 Å². The van der Waals surface area contributed by atoms with Gasteiger partial charge in [-0.1, -0.05) is 23.7 Å². The number of carboxylic acid groups (broad SMARTS) is 1. The number of ether oxygens (including phenoxy) is 1. The lowest BCUT2D eigenvalue weighted by atomic mass is 10.1. The molecule has 2 aromatic carbocycles. The fraction of sp³-hybridized carbons (Fsp3) is 0.345. The van der Waals surface area contributed by atoms with Gasteiger partial charge in [0.1, 0.15) is 6.04 Å². The summed E-state index contributed by atoms with van der Waals surface area (Å²) in [6.07, 6.45) is -3.41. The van der Waals surface area contributed by atoms with Gasteiger partial charge in [-0.05, 0) is 61.2 Å². The Hall–Kier alpha value is -5.19. The van der Waals surface area contributed by atoms with Gasteiger partial charge in [-0.15, -0.1) is 0 Å². The van der Waals surface area contributed by atoms with Gasteiger partial charge in [-0.25, -0.2) is 4.79 Å². The molecule has 1 fully saturated rings. The van der Waals surface area contributed by atoms with Crippen LogP contribution in [0.5, 0.6) is 6.01 Å². The average molecular weight is 679 g/mol. The molecule has 250 valence electrons. The summed E-state index contributed by atoms with van der Waals surface area (Å²) in [6.45, 7) is -1.81. The van der Waals surface area contributed by atoms with Crippen LogP contribution in [0.2, 0.25) is 5.02 Å². The largest absolute Gasteiger partial charge is 0.480 e. The highest BCUT2D eigenvalue weighted by Crippen LogP contribution is 2.48. The van der Waals surface area contributed by atoms with Gasteiger partial charge in [-0.2, -0.15) is 28.1 Å². The van der Waals surface area contributed by atoms with Crippen molar-refractivity contribution in [1.29, 1.82) is 0 Å². The number of nitrogens with one attached hydrogen (secondary N) is 4. The van der Waals surface area contributed by atoms with Crippen LogP contribution in [0.4, 0.5) is 30.8 Å². The normalized spacial score (nSPS) is 13.9. The highest BCUT2D eigenvalue weighted by Gasteiger charge is 2.45. The second-order valence-electron chi connectivity index (χ2n) is 10.7. The molecule has 3 amide bonds. The maximum Gasteiger partial charge on any atom is 0.422 e. The molecule has 1 heterocycles. The number of amides is 3. The molecular formula is C29H30ClF3N8O6. The first kappa shape index (κ1) is 34.7. The van der Waals surface area contributed by atoms with Gasteiger partial charge in [0, 0.05) is 36.9 Å². The molecule has 5 N–H and O–H groups in total. The summed E-state index contributed by atoms with van der Waals surface area (Å²) in [7, 11) is 2.78. The van der Waals surface area contributed by atoms with Gasteiger partial charge >= 0.3 is 30.0 Å². The van der Waals surface area contributed by atoms with Gasteiger partial charge in [-0.3, -0.25) is 14.4 Å². The van der Waals surface area contributed by atoms with Crippen LogP contribution < -0.4 is 26.0 Å². The first-order valence-electron chi connectivity index (χ1n) is 14.0. The van der Waals surface area contributed by atoms with E-state index >= 15 is 0 Å². The maximum absolute atomic E-state index is 12.9. The molecule has 3 aromatic rings. The summed E-state index contributed by atoms with van der Waals surface area (Å²) in [6, 6.07) is 10.8. The van der Waals surface area contributed by atoms with Crippen molar-refractivity contribution in [1.82, 2.24) is 30.5 Å². The van der Waals surface area contributed by atoms with Crippen molar-refractivity contribution >= 4 is 52.9 Å². The Morgan fingerprint density at radius 3 is 2.21 bits per heavy atom. The molecule has 1 aliphatic carbocycles. The molecule has 0 radical (unpaired) electrons. The van der Waals surface area contributed by atoms with Crippen LogP contribution in [0.3, 0.4) is 0 Å².